The van der Waals surface area contributed by atoms with Gasteiger partial charge in [0.15, 0.2) is 0 Å². The first-order chi connectivity index (χ1) is 22.6. The van der Waals surface area contributed by atoms with Crippen LogP contribution < -0.4 is 0 Å². The van der Waals surface area contributed by atoms with E-state index in [-0.39, 0.29) is 51.1 Å². The van der Waals surface area contributed by atoms with Gasteiger partial charge in [0.1, 0.15) is 5.78 Å². The second kappa shape index (κ2) is 18.3. The third-order valence-corrected chi connectivity index (χ3v) is 8.61. The van der Waals surface area contributed by atoms with Gasteiger partial charge in [0.2, 0.25) is 23.6 Å². The Hall–Kier alpha value is -2.57. The Morgan fingerprint density at radius 2 is 0.840 bits per heavy atom. The van der Waals surface area contributed by atoms with Gasteiger partial charge in [-0.25, -0.2) is 0 Å². The highest BCUT2D eigenvalue weighted by Gasteiger charge is 2.42. The fourth-order valence-corrected chi connectivity index (χ4v) is 5.55. The maximum absolute atomic E-state index is 11.8. The van der Waals surface area contributed by atoms with E-state index in [1.807, 2.05) is 92.9 Å². The first kappa shape index (κ1) is 45.5. The molecule has 0 aromatic rings. The number of hydrogen-bond donors (Lipinski definition) is 1. The molecule has 50 heavy (non-hydrogen) atoms. The van der Waals surface area contributed by atoms with E-state index in [4.69, 9.17) is 4.74 Å². The topological polar surface area (TPSA) is 131 Å². The lowest BCUT2D eigenvalue weighted by Crippen LogP contribution is -2.63. The number of piperidine rings is 1. The van der Waals surface area contributed by atoms with Gasteiger partial charge in [-0.1, -0.05) is 83.1 Å². The molecule has 4 fully saturated rings. The number of likely N-dealkylation sites (tertiary alicyclic amines) is 2. The number of aliphatic hydroxyl groups is 1. The molecule has 0 radical (unpaired) electrons. The Bertz CT molecular complexity index is 1130. The standard InChI is InChI=1S/C10H20N2O.C10H17NO2.2C9H17NO2/c1-10(2,3)9(13)12-7-5-11(4)6-8-12;1-10(2,3)9(13)11-6-4-8(12)5-7-11;1-8(2,3)7(11)10-5-9(4,12)6-10;1-9(2,3)8(11)10-4-6-12-7-5-10/h5-8H2,1-4H3;4-7H2,1-3H3;12H,5-6H2,1-4H3;4-7H2,1-3H3. The summed E-state index contributed by atoms with van der Waals surface area (Å²) in [6.45, 7) is 33.7. The molecule has 12 nitrogen and oxygen atoms in total. The summed E-state index contributed by atoms with van der Waals surface area (Å²) in [6.07, 6.45) is 1.06. The van der Waals surface area contributed by atoms with Crippen LogP contribution in [0.25, 0.3) is 0 Å². The van der Waals surface area contributed by atoms with Crippen LogP contribution in [0.2, 0.25) is 0 Å². The first-order valence-corrected chi connectivity index (χ1v) is 18.2. The van der Waals surface area contributed by atoms with Crippen LogP contribution >= 0.6 is 0 Å². The first-order valence-electron chi connectivity index (χ1n) is 18.2. The molecule has 0 saturated carbocycles. The highest BCUT2D eigenvalue weighted by molar-refractivity contribution is 5.86. The monoisotopic (exact) mass is 710 g/mol. The van der Waals surface area contributed by atoms with E-state index in [9.17, 15) is 29.1 Å². The molecule has 0 atom stereocenters. The molecule has 0 aliphatic carbocycles. The van der Waals surface area contributed by atoms with Crippen LogP contribution in [0.5, 0.6) is 0 Å². The van der Waals surface area contributed by atoms with Crippen LogP contribution in [-0.4, -0.2) is 150 Å². The van der Waals surface area contributed by atoms with Crippen molar-refractivity contribution >= 4 is 29.4 Å². The molecule has 290 valence electrons. The van der Waals surface area contributed by atoms with E-state index < -0.39 is 5.60 Å². The van der Waals surface area contributed by atoms with Gasteiger partial charge in [0, 0.05) is 86.9 Å². The predicted molar refractivity (Wildman–Crippen MR) is 197 cm³/mol. The molecular formula is C38H71N5O7. The minimum absolute atomic E-state index is 0.119. The molecule has 0 bridgehead atoms. The number of likely N-dealkylation sites (N-methyl/N-ethyl adjacent to an activating group) is 1. The Morgan fingerprint density at radius 1 is 0.540 bits per heavy atom. The zero-order valence-corrected chi connectivity index (χ0v) is 34.0. The fraction of sp³-hybridized carbons (Fsp3) is 0.868. The van der Waals surface area contributed by atoms with Crippen molar-refractivity contribution in [1.29, 1.82) is 0 Å². The summed E-state index contributed by atoms with van der Waals surface area (Å²) in [7, 11) is 2.10. The van der Waals surface area contributed by atoms with Gasteiger partial charge in [-0.3, -0.25) is 24.0 Å². The molecule has 4 heterocycles. The van der Waals surface area contributed by atoms with Gasteiger partial charge in [-0.2, -0.15) is 0 Å². The van der Waals surface area contributed by atoms with E-state index in [0.29, 0.717) is 52.2 Å². The molecule has 4 aliphatic heterocycles. The van der Waals surface area contributed by atoms with E-state index in [0.717, 1.165) is 39.3 Å². The second-order valence-electron chi connectivity index (χ2n) is 18.5. The Kier molecular flexibility index (Phi) is 16.6. The number of β-amino-alcohol motifs (C(OH)–C–C–N with tert-alkyl or cyclic N) is 1. The number of ether oxygens (including phenoxy) is 1. The quantitative estimate of drug-likeness (QED) is 0.405. The van der Waals surface area contributed by atoms with Gasteiger partial charge in [-0.05, 0) is 14.0 Å². The summed E-state index contributed by atoms with van der Waals surface area (Å²) in [5, 5.41) is 9.40. The van der Waals surface area contributed by atoms with E-state index in [1.54, 1.807) is 16.7 Å². The van der Waals surface area contributed by atoms with E-state index in [2.05, 4.69) is 11.9 Å². The molecule has 4 rings (SSSR count). The predicted octanol–water partition coefficient (Wildman–Crippen LogP) is 3.55. The Labute approximate surface area is 303 Å². The Balaban J connectivity index is 0.000000334. The van der Waals surface area contributed by atoms with Crippen molar-refractivity contribution in [2.75, 3.05) is 85.7 Å². The van der Waals surface area contributed by atoms with Crippen LogP contribution in [0.15, 0.2) is 0 Å². The van der Waals surface area contributed by atoms with Crippen LogP contribution in [-0.2, 0) is 28.7 Å². The molecule has 4 saturated heterocycles. The zero-order chi connectivity index (χ0) is 38.9. The molecule has 4 amide bonds. The number of piperazine rings is 1. The summed E-state index contributed by atoms with van der Waals surface area (Å²) in [5.74, 6) is 1.05. The fourth-order valence-electron chi connectivity index (χ4n) is 5.55. The van der Waals surface area contributed by atoms with E-state index >= 15 is 0 Å². The summed E-state index contributed by atoms with van der Waals surface area (Å²) in [5.41, 5.74) is -1.77. The number of morpholine rings is 1. The number of carbonyl (C=O) groups is 5. The van der Waals surface area contributed by atoms with Gasteiger partial charge in [0.25, 0.3) is 0 Å². The molecular weight excluding hydrogens is 638 g/mol. The highest BCUT2D eigenvalue weighted by Crippen LogP contribution is 2.26. The third kappa shape index (κ3) is 15.8. The second-order valence-corrected chi connectivity index (χ2v) is 18.5. The maximum Gasteiger partial charge on any atom is 0.228 e. The van der Waals surface area contributed by atoms with Crippen molar-refractivity contribution < 1.29 is 33.8 Å². The average Bonchev–Trinajstić information content (AvgIpc) is 2.99. The lowest BCUT2D eigenvalue weighted by Gasteiger charge is -2.46. The van der Waals surface area contributed by atoms with Crippen LogP contribution in [0.1, 0.15) is 103 Å². The lowest BCUT2D eigenvalue weighted by atomic mass is 9.89. The number of amides is 4. The van der Waals surface area contributed by atoms with Crippen molar-refractivity contribution in [1.82, 2.24) is 24.5 Å². The number of nitrogens with zero attached hydrogens (tertiary/aromatic N) is 5. The lowest BCUT2D eigenvalue weighted by molar-refractivity contribution is -0.160. The Morgan fingerprint density at radius 3 is 1.16 bits per heavy atom. The normalized spacial score (nSPS) is 20.2. The largest absolute Gasteiger partial charge is 0.386 e. The minimum Gasteiger partial charge on any atom is -0.386 e. The summed E-state index contributed by atoms with van der Waals surface area (Å²) in [4.78, 5) is 67.4. The summed E-state index contributed by atoms with van der Waals surface area (Å²) in [6, 6.07) is 0. The molecule has 0 spiro atoms. The van der Waals surface area contributed by atoms with Gasteiger partial charge in [-0.15, -0.1) is 0 Å². The highest BCUT2D eigenvalue weighted by atomic mass is 16.5. The smallest absolute Gasteiger partial charge is 0.228 e. The van der Waals surface area contributed by atoms with Gasteiger partial charge < -0.3 is 34.3 Å². The molecule has 1 N–H and O–H groups in total. The van der Waals surface area contributed by atoms with E-state index in [1.165, 1.54) is 0 Å². The number of rotatable bonds is 0. The van der Waals surface area contributed by atoms with Crippen molar-refractivity contribution in [3.05, 3.63) is 0 Å². The van der Waals surface area contributed by atoms with Gasteiger partial charge in [0.05, 0.1) is 31.9 Å². The zero-order valence-electron chi connectivity index (χ0n) is 34.0. The van der Waals surface area contributed by atoms with Crippen LogP contribution in [0.3, 0.4) is 0 Å². The maximum atomic E-state index is 11.8. The van der Waals surface area contributed by atoms with Crippen molar-refractivity contribution in [3.63, 3.8) is 0 Å². The minimum atomic E-state index is -0.652. The number of hydrogen-bond acceptors (Lipinski definition) is 8. The summed E-state index contributed by atoms with van der Waals surface area (Å²) >= 11 is 0. The molecule has 0 aromatic carbocycles. The molecule has 12 heteroatoms. The summed E-state index contributed by atoms with van der Waals surface area (Å²) < 4.78 is 5.17. The van der Waals surface area contributed by atoms with Crippen molar-refractivity contribution in [2.45, 2.75) is 108 Å². The van der Waals surface area contributed by atoms with Crippen LogP contribution in [0, 0.1) is 21.7 Å². The molecule has 0 unspecified atom stereocenters. The number of ketones is 1. The molecule has 4 aliphatic rings. The van der Waals surface area contributed by atoms with Crippen molar-refractivity contribution in [2.24, 2.45) is 21.7 Å². The SMILES string of the molecule is CC(C)(C)C(=O)N1CCC(=O)CC1.CC(C)(C)C(=O)N1CCOCC1.CC1(O)CN(C(=O)C(C)(C)C)C1.CN1CCN(C(=O)C(C)(C)C)CC1. The molecule has 0 aromatic heterocycles. The van der Waals surface area contributed by atoms with Gasteiger partial charge >= 0.3 is 0 Å². The number of carbonyl (C=O) groups excluding carboxylic acids is 5. The average molecular weight is 710 g/mol. The van der Waals surface area contributed by atoms with Crippen molar-refractivity contribution in [3.8, 4) is 0 Å². The number of Topliss-reactive ketones (excluding diaryl/α,β-unsaturated/α-hetero) is 1. The third-order valence-electron chi connectivity index (χ3n) is 8.61. The van der Waals surface area contributed by atoms with Crippen LogP contribution in [0.4, 0.5) is 0 Å².